The summed E-state index contributed by atoms with van der Waals surface area (Å²) < 4.78 is 85.7. The zero-order valence-corrected chi connectivity index (χ0v) is 35.7. The Balaban J connectivity index is -0.000000322. The van der Waals surface area contributed by atoms with Crippen molar-refractivity contribution in [3.63, 3.8) is 0 Å². The summed E-state index contributed by atoms with van der Waals surface area (Å²) in [6.45, 7) is -0.158. The second-order valence-corrected chi connectivity index (χ2v) is 27.1. The van der Waals surface area contributed by atoms with Crippen LogP contribution < -0.4 is 22.9 Å². The molecule has 0 amide bonds. The van der Waals surface area contributed by atoms with Crippen LogP contribution in [0.3, 0.4) is 0 Å². The normalized spacial score (nSPS) is 14.4. The van der Waals surface area contributed by atoms with Crippen LogP contribution in [0.15, 0.2) is 0 Å². The van der Waals surface area contributed by atoms with E-state index in [1.165, 1.54) is 0 Å². The van der Waals surface area contributed by atoms with Crippen LogP contribution >= 0.6 is 60.8 Å². The Labute approximate surface area is 316 Å². The molecule has 0 spiro atoms. The lowest BCUT2D eigenvalue weighted by Gasteiger charge is -2.28. The Morgan fingerprint density at radius 2 is 0.357 bits per heavy atom. The summed E-state index contributed by atoms with van der Waals surface area (Å²) in [6, 6.07) is 0. The Morgan fingerprint density at radius 3 is 0.411 bits per heavy atom. The molecule has 0 saturated carbocycles. The van der Waals surface area contributed by atoms with E-state index < -0.39 is 107 Å². The summed E-state index contributed by atoms with van der Waals surface area (Å²) in [5.41, 5.74) is 20.0. The van der Waals surface area contributed by atoms with Crippen molar-refractivity contribution in [3.8, 4) is 0 Å². The Hall–Kier alpha value is 0.880. The molecule has 0 aromatic carbocycles. The number of rotatable bonds is 20. The van der Waals surface area contributed by atoms with E-state index in [0.29, 0.717) is 0 Å². The van der Waals surface area contributed by atoms with Crippen LogP contribution in [0, 0.1) is 0 Å². The van der Waals surface area contributed by atoms with Gasteiger partial charge in [-0.15, -0.1) is 0 Å². The van der Waals surface area contributed by atoms with Gasteiger partial charge in [0.2, 0.25) is 0 Å². The fourth-order valence-corrected chi connectivity index (χ4v) is 12.2. The lowest BCUT2D eigenvalue weighted by Crippen LogP contribution is -2.29. The molecule has 0 aliphatic carbocycles. The van der Waals surface area contributed by atoms with E-state index in [4.69, 9.17) is 101 Å². The third-order valence-corrected chi connectivity index (χ3v) is 22.1. The first-order valence-electron chi connectivity index (χ1n) is 14.4. The van der Waals surface area contributed by atoms with Gasteiger partial charge in [-0.05, 0) is 51.9 Å². The van der Waals surface area contributed by atoms with Gasteiger partial charge < -0.3 is 122 Å². The smallest absolute Gasteiger partial charge is 0.368 e. The average molecular weight is 996 g/mol. The van der Waals surface area contributed by atoms with Gasteiger partial charge in [-0.25, -0.2) is 0 Å². The summed E-state index contributed by atoms with van der Waals surface area (Å²) in [5, 5.41) is 23.7. The van der Waals surface area contributed by atoms with E-state index >= 15 is 0 Å². The van der Waals surface area contributed by atoms with Crippen molar-refractivity contribution in [2.75, 3.05) is 26.2 Å². The second-order valence-electron chi connectivity index (χ2n) is 11.0. The maximum Gasteiger partial charge on any atom is 0.369 e. The molecule has 0 aliphatic heterocycles. The zero-order valence-electron chi connectivity index (χ0n) is 28.6. The van der Waals surface area contributed by atoms with Crippen LogP contribution in [0.4, 0.5) is 0 Å². The van der Waals surface area contributed by atoms with Crippen LogP contribution in [0.25, 0.3) is 0 Å². The third-order valence-electron chi connectivity index (χ3n) is 6.60. The Morgan fingerprint density at radius 1 is 0.268 bits per heavy atom. The molecule has 0 bridgehead atoms. The molecule has 40 heteroatoms. The molecule has 0 atom stereocenters. The standard InChI is InChI=1S/4C4H13NO7P2/c4*5-3-1-2-4(6,13(7,8)9)14(10,11)12/h4*6H,1-3,5H2,(H2,7,8,9)(H2,10,11,12). The van der Waals surface area contributed by atoms with Crippen molar-refractivity contribution < 1.29 is 135 Å². The predicted octanol–water partition coefficient (Wildman–Crippen LogP) is -5.09. The van der Waals surface area contributed by atoms with Crippen molar-refractivity contribution >= 4 is 60.8 Å². The fraction of sp³-hybridized carbons (Fsp3) is 1.00. The molecule has 28 N–H and O–H groups in total. The first kappa shape index (κ1) is 63.5. The van der Waals surface area contributed by atoms with Crippen molar-refractivity contribution in [2.24, 2.45) is 22.9 Å². The lowest BCUT2D eigenvalue weighted by atomic mass is 10.3. The highest BCUT2D eigenvalue weighted by Gasteiger charge is 2.61. The molecule has 0 heterocycles. The van der Waals surface area contributed by atoms with Crippen LogP contribution in [0.5, 0.6) is 0 Å². The van der Waals surface area contributed by atoms with Crippen molar-refractivity contribution in [2.45, 2.75) is 71.7 Å². The summed E-state index contributed by atoms with van der Waals surface area (Å²) in [4.78, 5) is 138. The highest BCUT2D eigenvalue weighted by molar-refractivity contribution is 7.73. The molecule has 0 unspecified atom stereocenters. The molecule has 0 aliphatic rings. The van der Waals surface area contributed by atoms with Gasteiger partial charge in [0, 0.05) is 25.7 Å². The van der Waals surface area contributed by atoms with Gasteiger partial charge in [0.05, 0.1) is 0 Å². The van der Waals surface area contributed by atoms with Gasteiger partial charge >= 0.3 is 60.8 Å². The highest BCUT2D eigenvalue weighted by atomic mass is 31.3. The van der Waals surface area contributed by atoms with E-state index in [1.54, 1.807) is 0 Å². The Bertz CT molecular complexity index is 1260. The first-order chi connectivity index (χ1) is 24.2. The molecule has 0 aromatic rings. The summed E-state index contributed by atoms with van der Waals surface area (Å²) in [5.74, 6) is 0. The minimum Gasteiger partial charge on any atom is -0.368 e. The van der Waals surface area contributed by atoms with Gasteiger partial charge in [-0.2, -0.15) is 0 Å². The monoisotopic (exact) mass is 996 g/mol. The van der Waals surface area contributed by atoms with Crippen LogP contribution in [0.2, 0.25) is 0 Å². The van der Waals surface area contributed by atoms with E-state index in [2.05, 4.69) is 0 Å². The molecule has 0 saturated heterocycles. The molecular formula is C16H52N4O28P8. The zero-order chi connectivity index (χ0) is 46.5. The summed E-state index contributed by atoms with van der Waals surface area (Å²) in [6.07, 6.45) is -3.43. The van der Waals surface area contributed by atoms with Crippen LogP contribution in [-0.2, 0) is 36.5 Å². The second kappa shape index (κ2) is 23.4. The fourth-order valence-electron chi connectivity index (χ4n) is 3.20. The van der Waals surface area contributed by atoms with E-state index in [9.17, 15) is 56.9 Å². The lowest BCUT2D eigenvalue weighted by molar-refractivity contribution is 0.121. The van der Waals surface area contributed by atoms with E-state index in [-0.39, 0.29) is 51.9 Å². The van der Waals surface area contributed by atoms with Crippen molar-refractivity contribution in [3.05, 3.63) is 0 Å². The number of hydrogen-bond acceptors (Lipinski definition) is 16. The molecule has 0 rings (SSSR count). The van der Waals surface area contributed by atoms with Crippen molar-refractivity contribution in [1.29, 1.82) is 0 Å². The summed E-state index contributed by atoms with van der Waals surface area (Å²) in [7, 11) is -42.4. The molecular weight excluding hydrogens is 944 g/mol. The Kier molecular flexibility index (Phi) is 26.5. The number of nitrogens with two attached hydrogens (primary N) is 4. The molecule has 56 heavy (non-hydrogen) atoms. The van der Waals surface area contributed by atoms with Gasteiger partial charge in [0.25, 0.3) is 20.3 Å². The van der Waals surface area contributed by atoms with Crippen molar-refractivity contribution in [1.82, 2.24) is 0 Å². The average Bonchev–Trinajstić information content (AvgIpc) is 2.96. The first-order valence-corrected chi connectivity index (χ1v) is 27.3. The van der Waals surface area contributed by atoms with Crippen LogP contribution in [-0.4, -0.2) is 145 Å². The maximum absolute atomic E-state index is 10.7. The minimum atomic E-state index is -5.30. The third kappa shape index (κ3) is 18.5. The number of hydrogen-bond donors (Lipinski definition) is 24. The van der Waals surface area contributed by atoms with Gasteiger partial charge in [-0.3, -0.25) is 36.5 Å². The van der Waals surface area contributed by atoms with Gasteiger partial charge in [-0.1, -0.05) is 0 Å². The van der Waals surface area contributed by atoms with Gasteiger partial charge in [0.1, 0.15) is 0 Å². The summed E-state index contributed by atoms with van der Waals surface area (Å²) >= 11 is 0. The number of aliphatic hydroxyl groups is 4. The van der Waals surface area contributed by atoms with E-state index in [1.807, 2.05) is 0 Å². The molecule has 32 nitrogen and oxygen atoms in total. The topological polar surface area (TPSA) is 645 Å². The SMILES string of the molecule is NCCCC(O)(P(=O)(O)O)P(=O)(O)O.NCCCC(O)(P(=O)(O)O)P(=O)(O)O.NCCCC(O)(P(=O)(O)O)P(=O)(O)O.NCCCC(O)(P(=O)(O)O)P(=O)(O)O. The quantitative estimate of drug-likeness (QED) is 0.0507. The highest BCUT2D eigenvalue weighted by Crippen LogP contribution is 2.71. The van der Waals surface area contributed by atoms with E-state index in [0.717, 1.165) is 0 Å². The molecule has 344 valence electrons. The molecule has 0 fully saturated rings. The van der Waals surface area contributed by atoms with Gasteiger partial charge in [0.15, 0.2) is 0 Å². The molecule has 0 radical (unpaired) electrons. The maximum atomic E-state index is 10.7. The van der Waals surface area contributed by atoms with Crippen LogP contribution in [0.1, 0.15) is 51.4 Å². The largest absolute Gasteiger partial charge is 0.369 e. The predicted molar refractivity (Wildman–Crippen MR) is 189 cm³/mol. The minimum absolute atomic E-state index is 0.0394. The molecule has 0 aromatic heterocycles.